The van der Waals surface area contributed by atoms with Crippen molar-refractivity contribution >= 4 is 40.3 Å². The van der Waals surface area contributed by atoms with Gasteiger partial charge in [0.05, 0.1) is 7.11 Å². The molecule has 1 aliphatic heterocycles. The van der Waals surface area contributed by atoms with Gasteiger partial charge in [0.1, 0.15) is 17.9 Å². The smallest absolute Gasteiger partial charge is 0.342 e. The van der Waals surface area contributed by atoms with Gasteiger partial charge in [-0.3, -0.25) is 14.4 Å². The van der Waals surface area contributed by atoms with Crippen LogP contribution in [0.5, 0.6) is 11.5 Å². The molecule has 41 heavy (non-hydrogen) atoms. The van der Waals surface area contributed by atoms with Crippen LogP contribution in [0.3, 0.4) is 0 Å². The number of aliphatic carboxylic acids is 1. The van der Waals surface area contributed by atoms with E-state index in [1.165, 1.54) is 7.11 Å². The van der Waals surface area contributed by atoms with Gasteiger partial charge in [-0.15, -0.1) is 0 Å². The summed E-state index contributed by atoms with van der Waals surface area (Å²) in [7, 11) is 1.50. The van der Waals surface area contributed by atoms with Crippen molar-refractivity contribution in [1.29, 1.82) is 0 Å². The van der Waals surface area contributed by atoms with E-state index in [2.05, 4.69) is 5.32 Å². The lowest BCUT2D eigenvalue weighted by atomic mass is 9.94. The van der Waals surface area contributed by atoms with Gasteiger partial charge in [-0.25, -0.2) is 4.79 Å². The molecule has 0 fully saturated rings. The fraction of sp³-hybridized carbons (Fsp3) is 0.312. The van der Waals surface area contributed by atoms with Crippen LogP contribution in [0.4, 0.5) is 5.69 Å². The zero-order valence-electron chi connectivity index (χ0n) is 23.4. The van der Waals surface area contributed by atoms with E-state index in [0.717, 1.165) is 16.3 Å². The summed E-state index contributed by atoms with van der Waals surface area (Å²) in [6, 6.07) is 13.4. The van der Waals surface area contributed by atoms with E-state index in [-0.39, 0.29) is 55.9 Å². The quantitative estimate of drug-likeness (QED) is 0.160. The van der Waals surface area contributed by atoms with Crippen molar-refractivity contribution in [2.45, 2.75) is 59.0 Å². The second-order valence-electron chi connectivity index (χ2n) is 9.95. The molecule has 9 heteroatoms. The molecule has 0 saturated heterocycles. The predicted octanol–water partition coefficient (Wildman–Crippen LogP) is 5.90. The number of carbonyl (C=O) groups is 4. The minimum Gasteiger partial charge on any atom is -0.496 e. The molecule has 0 bridgehead atoms. The lowest BCUT2D eigenvalue weighted by Gasteiger charge is -2.19. The number of esters is 2. The molecule has 1 aliphatic rings. The number of ether oxygens (including phenoxy) is 3. The number of rotatable bonds is 12. The SMILES string of the molecule is COc1c(C)c2c(c(OC(=O)CCCC(=O)Nc3cccc4ccccc34)c1C/C=C(\C)CCC(=O)O)C(=O)OC2. The molecule has 214 valence electrons. The number of cyclic esters (lactones) is 1. The molecule has 0 radical (unpaired) electrons. The maximum Gasteiger partial charge on any atom is 0.342 e. The van der Waals surface area contributed by atoms with E-state index in [9.17, 15) is 19.2 Å². The minimum absolute atomic E-state index is 0.00900. The monoisotopic (exact) mass is 559 g/mol. The molecule has 3 aromatic rings. The lowest BCUT2D eigenvalue weighted by molar-refractivity contribution is -0.137. The molecule has 2 N–H and O–H groups in total. The number of hydrogen-bond acceptors (Lipinski definition) is 7. The van der Waals surface area contributed by atoms with Crippen LogP contribution in [0.1, 0.15) is 66.1 Å². The van der Waals surface area contributed by atoms with Crippen molar-refractivity contribution in [3.63, 3.8) is 0 Å². The molecule has 0 atom stereocenters. The van der Waals surface area contributed by atoms with Crippen LogP contribution < -0.4 is 14.8 Å². The molecule has 3 aromatic carbocycles. The maximum atomic E-state index is 13.0. The van der Waals surface area contributed by atoms with Gasteiger partial charge in [0.25, 0.3) is 0 Å². The first-order valence-electron chi connectivity index (χ1n) is 13.4. The number of benzene rings is 3. The number of carboxylic acid groups (broad SMARTS) is 1. The Kier molecular flexibility index (Phi) is 9.39. The molecule has 0 unspecified atom stereocenters. The summed E-state index contributed by atoms with van der Waals surface area (Å²) in [5.41, 5.74) is 3.54. The fourth-order valence-corrected chi connectivity index (χ4v) is 4.91. The highest BCUT2D eigenvalue weighted by atomic mass is 16.6. The van der Waals surface area contributed by atoms with E-state index >= 15 is 0 Å². The van der Waals surface area contributed by atoms with Crippen LogP contribution in [-0.2, 0) is 32.1 Å². The zero-order chi connectivity index (χ0) is 29.5. The molecule has 1 heterocycles. The Morgan fingerprint density at radius 1 is 1.02 bits per heavy atom. The second-order valence-corrected chi connectivity index (χ2v) is 9.95. The van der Waals surface area contributed by atoms with Gasteiger partial charge in [0, 0.05) is 41.5 Å². The Labute approximate surface area is 238 Å². The number of carboxylic acids is 1. The van der Waals surface area contributed by atoms with E-state index < -0.39 is 17.9 Å². The van der Waals surface area contributed by atoms with Crippen molar-refractivity contribution in [3.05, 3.63) is 76.4 Å². The molecule has 0 saturated carbocycles. The summed E-state index contributed by atoms with van der Waals surface area (Å²) in [4.78, 5) is 49.2. The summed E-state index contributed by atoms with van der Waals surface area (Å²) in [6.07, 6.45) is 2.75. The van der Waals surface area contributed by atoms with Crippen LogP contribution in [0.2, 0.25) is 0 Å². The number of nitrogens with one attached hydrogen (secondary N) is 1. The normalized spacial score (nSPS) is 12.6. The molecule has 4 rings (SSSR count). The van der Waals surface area contributed by atoms with E-state index in [1.54, 1.807) is 0 Å². The van der Waals surface area contributed by atoms with Crippen molar-refractivity contribution in [3.8, 4) is 11.5 Å². The zero-order valence-corrected chi connectivity index (χ0v) is 23.4. The first kappa shape index (κ1) is 29.3. The summed E-state index contributed by atoms with van der Waals surface area (Å²) in [6.45, 7) is 3.67. The third-order valence-corrected chi connectivity index (χ3v) is 7.08. The first-order chi connectivity index (χ1) is 19.7. The van der Waals surface area contributed by atoms with E-state index in [1.807, 2.05) is 62.4 Å². The molecule has 1 amide bonds. The van der Waals surface area contributed by atoms with Gasteiger partial charge in [-0.1, -0.05) is 48.0 Å². The van der Waals surface area contributed by atoms with Crippen LogP contribution in [0.15, 0.2) is 54.1 Å². The van der Waals surface area contributed by atoms with Crippen LogP contribution in [-0.4, -0.2) is 36.0 Å². The number of amides is 1. The maximum absolute atomic E-state index is 13.0. The Bertz CT molecular complexity index is 1530. The number of methoxy groups -OCH3 is 1. The van der Waals surface area contributed by atoms with Crippen molar-refractivity contribution < 1.29 is 38.5 Å². The number of anilines is 1. The number of allylic oxidation sites excluding steroid dienone is 2. The van der Waals surface area contributed by atoms with Crippen LogP contribution in [0.25, 0.3) is 10.8 Å². The molecule has 0 aromatic heterocycles. The van der Waals surface area contributed by atoms with Gasteiger partial charge in [-0.2, -0.15) is 0 Å². The summed E-state index contributed by atoms with van der Waals surface area (Å²) in [5.74, 6) is -1.75. The second kappa shape index (κ2) is 13.1. The lowest BCUT2D eigenvalue weighted by Crippen LogP contribution is -2.16. The third kappa shape index (κ3) is 6.92. The average Bonchev–Trinajstić information content (AvgIpc) is 3.34. The molecular weight excluding hydrogens is 526 g/mol. The highest BCUT2D eigenvalue weighted by Gasteiger charge is 2.34. The van der Waals surface area contributed by atoms with Gasteiger partial charge < -0.3 is 24.6 Å². The number of carbonyl (C=O) groups excluding carboxylic acids is 3. The van der Waals surface area contributed by atoms with Crippen molar-refractivity contribution in [2.75, 3.05) is 12.4 Å². The largest absolute Gasteiger partial charge is 0.496 e. The van der Waals surface area contributed by atoms with Crippen molar-refractivity contribution in [1.82, 2.24) is 0 Å². The summed E-state index contributed by atoms with van der Waals surface area (Å²) in [5, 5.41) is 13.8. The molecular formula is C32H33NO8. The van der Waals surface area contributed by atoms with Gasteiger partial charge in [0.2, 0.25) is 5.91 Å². The molecule has 0 spiro atoms. The highest BCUT2D eigenvalue weighted by molar-refractivity contribution is 6.02. The average molecular weight is 560 g/mol. The topological polar surface area (TPSA) is 128 Å². The number of hydrogen-bond donors (Lipinski definition) is 2. The van der Waals surface area contributed by atoms with Gasteiger partial charge >= 0.3 is 17.9 Å². The third-order valence-electron chi connectivity index (χ3n) is 7.08. The molecule has 0 aliphatic carbocycles. The fourth-order valence-electron chi connectivity index (χ4n) is 4.91. The Balaban J connectivity index is 1.47. The first-order valence-corrected chi connectivity index (χ1v) is 13.4. The molecule has 9 nitrogen and oxygen atoms in total. The number of fused-ring (bicyclic) bond motifs is 2. The van der Waals surface area contributed by atoms with E-state index in [4.69, 9.17) is 19.3 Å². The van der Waals surface area contributed by atoms with E-state index in [0.29, 0.717) is 34.5 Å². The highest BCUT2D eigenvalue weighted by Crippen LogP contribution is 2.43. The predicted molar refractivity (Wildman–Crippen MR) is 153 cm³/mol. The Morgan fingerprint density at radius 3 is 2.54 bits per heavy atom. The van der Waals surface area contributed by atoms with Crippen molar-refractivity contribution in [2.24, 2.45) is 0 Å². The standard InChI is InChI=1S/C32H33NO8/c1-19(15-17-27(35)36)14-16-23-30(39-3)20(2)24-18-40-32(38)29(24)31(23)41-28(37)13-7-12-26(34)33-25-11-6-9-21-8-4-5-10-22(21)25/h4-6,8-11,14H,7,12-13,15-18H2,1-3H3,(H,33,34)(H,35,36)/b19-14+. The van der Waals surface area contributed by atoms with Crippen LogP contribution >= 0.6 is 0 Å². The minimum atomic E-state index is -0.896. The van der Waals surface area contributed by atoms with Gasteiger partial charge in [-0.05, 0) is 50.1 Å². The Morgan fingerprint density at radius 2 is 1.78 bits per heavy atom. The Hall–Kier alpha value is -4.66. The van der Waals surface area contributed by atoms with Gasteiger partial charge in [0.15, 0.2) is 5.75 Å². The van der Waals surface area contributed by atoms with Crippen LogP contribution in [0, 0.1) is 6.92 Å². The summed E-state index contributed by atoms with van der Waals surface area (Å²) >= 11 is 0. The summed E-state index contributed by atoms with van der Waals surface area (Å²) < 4.78 is 16.7.